The molecule has 5 nitrogen and oxygen atoms in total. The SMILES string of the molecule is Cc1ccc(-c2ccc(=O)n([C@@H](C)C(=O)Nc3ccccc3Cl)n2)cc1. The molecule has 0 bridgehead atoms. The van der Waals surface area contributed by atoms with Crippen LogP contribution in [-0.2, 0) is 4.79 Å². The van der Waals surface area contributed by atoms with Crippen LogP contribution in [0.1, 0.15) is 18.5 Å². The molecule has 0 aliphatic heterocycles. The second-order valence-corrected chi connectivity index (χ2v) is 6.42. The van der Waals surface area contributed by atoms with Crippen LogP contribution in [0.3, 0.4) is 0 Å². The van der Waals surface area contributed by atoms with Crippen LogP contribution < -0.4 is 10.9 Å². The van der Waals surface area contributed by atoms with Crippen LogP contribution in [0.2, 0.25) is 5.02 Å². The van der Waals surface area contributed by atoms with E-state index in [-0.39, 0.29) is 11.5 Å². The van der Waals surface area contributed by atoms with Crippen molar-refractivity contribution in [1.29, 1.82) is 0 Å². The van der Waals surface area contributed by atoms with Gasteiger partial charge in [0.05, 0.1) is 16.4 Å². The molecule has 26 heavy (non-hydrogen) atoms. The fourth-order valence-electron chi connectivity index (χ4n) is 2.49. The van der Waals surface area contributed by atoms with Gasteiger partial charge < -0.3 is 5.32 Å². The molecule has 3 aromatic rings. The summed E-state index contributed by atoms with van der Waals surface area (Å²) in [5, 5.41) is 7.53. The Hall–Kier alpha value is -2.92. The van der Waals surface area contributed by atoms with Crippen molar-refractivity contribution in [1.82, 2.24) is 9.78 Å². The molecule has 6 heteroatoms. The lowest BCUT2D eigenvalue weighted by molar-refractivity contribution is -0.119. The number of anilines is 1. The zero-order valence-electron chi connectivity index (χ0n) is 14.4. The average Bonchev–Trinajstić information content (AvgIpc) is 2.64. The maximum absolute atomic E-state index is 12.5. The topological polar surface area (TPSA) is 64.0 Å². The van der Waals surface area contributed by atoms with Gasteiger partial charge in [0, 0.05) is 11.6 Å². The van der Waals surface area contributed by atoms with E-state index in [0.717, 1.165) is 11.1 Å². The van der Waals surface area contributed by atoms with Crippen molar-refractivity contribution in [3.05, 3.63) is 81.6 Å². The van der Waals surface area contributed by atoms with Crippen LogP contribution in [0.25, 0.3) is 11.3 Å². The summed E-state index contributed by atoms with van der Waals surface area (Å²) in [6.07, 6.45) is 0. The molecule has 3 rings (SSSR count). The van der Waals surface area contributed by atoms with E-state index in [2.05, 4.69) is 10.4 Å². The lowest BCUT2D eigenvalue weighted by atomic mass is 10.1. The number of carbonyl (C=O) groups excluding carboxylic acids is 1. The van der Waals surface area contributed by atoms with Gasteiger partial charge in [-0.15, -0.1) is 0 Å². The quantitative estimate of drug-likeness (QED) is 0.755. The van der Waals surface area contributed by atoms with E-state index in [1.54, 1.807) is 37.3 Å². The van der Waals surface area contributed by atoms with Crippen molar-refractivity contribution < 1.29 is 4.79 Å². The number of carbonyl (C=O) groups is 1. The lowest BCUT2D eigenvalue weighted by Gasteiger charge is -2.15. The number of aryl methyl sites for hydroxylation is 1. The van der Waals surface area contributed by atoms with Crippen molar-refractivity contribution in [3.8, 4) is 11.3 Å². The first-order chi connectivity index (χ1) is 12.5. The first-order valence-corrected chi connectivity index (χ1v) is 8.56. The van der Waals surface area contributed by atoms with Gasteiger partial charge in [0.1, 0.15) is 6.04 Å². The summed E-state index contributed by atoms with van der Waals surface area (Å²) in [6.45, 7) is 3.62. The molecular formula is C20H18ClN3O2. The van der Waals surface area contributed by atoms with E-state index in [1.165, 1.54) is 10.7 Å². The van der Waals surface area contributed by atoms with Crippen molar-refractivity contribution in [3.63, 3.8) is 0 Å². The molecule has 0 aliphatic rings. The molecular weight excluding hydrogens is 350 g/mol. The van der Waals surface area contributed by atoms with Crippen molar-refractivity contribution in [2.45, 2.75) is 19.9 Å². The van der Waals surface area contributed by atoms with Gasteiger partial charge in [-0.2, -0.15) is 5.10 Å². The van der Waals surface area contributed by atoms with Gasteiger partial charge in [0.2, 0.25) is 5.91 Å². The smallest absolute Gasteiger partial charge is 0.267 e. The number of halogens is 1. The fraction of sp³-hybridized carbons (Fsp3) is 0.150. The minimum absolute atomic E-state index is 0.345. The van der Waals surface area contributed by atoms with Crippen LogP contribution in [0.5, 0.6) is 0 Å². The molecule has 1 amide bonds. The standard InChI is InChI=1S/C20H18ClN3O2/c1-13-7-9-15(10-8-13)17-11-12-19(25)24(23-17)14(2)20(26)22-18-6-4-3-5-16(18)21/h3-12,14H,1-2H3,(H,22,26)/t14-/m0/s1. The van der Waals surface area contributed by atoms with Crippen molar-refractivity contribution in [2.75, 3.05) is 5.32 Å². The number of amides is 1. The van der Waals surface area contributed by atoms with E-state index in [1.807, 2.05) is 31.2 Å². The molecule has 0 fully saturated rings. The van der Waals surface area contributed by atoms with E-state index < -0.39 is 6.04 Å². The molecule has 0 radical (unpaired) electrons. The Morgan fingerprint density at radius 2 is 1.77 bits per heavy atom. The Morgan fingerprint density at radius 3 is 2.46 bits per heavy atom. The van der Waals surface area contributed by atoms with Crippen LogP contribution in [0.15, 0.2) is 65.5 Å². The van der Waals surface area contributed by atoms with Gasteiger partial charge in [-0.3, -0.25) is 9.59 Å². The van der Waals surface area contributed by atoms with Gasteiger partial charge in [-0.1, -0.05) is 53.6 Å². The molecule has 0 aliphatic carbocycles. The third-order valence-electron chi connectivity index (χ3n) is 4.05. The molecule has 1 aromatic heterocycles. The number of hydrogen-bond donors (Lipinski definition) is 1. The first-order valence-electron chi connectivity index (χ1n) is 8.18. The highest BCUT2D eigenvalue weighted by Crippen LogP contribution is 2.22. The summed E-state index contributed by atoms with van der Waals surface area (Å²) < 4.78 is 1.18. The number of hydrogen-bond acceptors (Lipinski definition) is 3. The van der Waals surface area contributed by atoms with E-state index in [4.69, 9.17) is 11.6 Å². The monoisotopic (exact) mass is 367 g/mol. The fourth-order valence-corrected chi connectivity index (χ4v) is 2.67. The predicted molar refractivity (Wildman–Crippen MR) is 103 cm³/mol. The molecule has 1 N–H and O–H groups in total. The molecule has 0 spiro atoms. The van der Waals surface area contributed by atoms with Gasteiger partial charge in [0.25, 0.3) is 5.56 Å². The number of aromatic nitrogens is 2. The molecule has 2 aromatic carbocycles. The molecule has 1 atom stereocenters. The van der Waals surface area contributed by atoms with Gasteiger partial charge in [0.15, 0.2) is 0 Å². The second-order valence-electron chi connectivity index (χ2n) is 6.01. The first kappa shape index (κ1) is 17.9. The number of para-hydroxylation sites is 1. The Bertz CT molecular complexity index is 996. The van der Waals surface area contributed by atoms with E-state index in [0.29, 0.717) is 16.4 Å². The minimum atomic E-state index is -0.788. The third-order valence-corrected chi connectivity index (χ3v) is 4.38. The van der Waals surface area contributed by atoms with E-state index in [9.17, 15) is 9.59 Å². The summed E-state index contributed by atoms with van der Waals surface area (Å²) in [5.74, 6) is -0.367. The summed E-state index contributed by atoms with van der Waals surface area (Å²) in [4.78, 5) is 24.8. The molecule has 1 heterocycles. The van der Waals surface area contributed by atoms with Crippen LogP contribution in [-0.4, -0.2) is 15.7 Å². The van der Waals surface area contributed by atoms with Crippen molar-refractivity contribution >= 4 is 23.2 Å². The normalized spacial score (nSPS) is 11.8. The van der Waals surface area contributed by atoms with Crippen LogP contribution >= 0.6 is 11.6 Å². The maximum Gasteiger partial charge on any atom is 0.267 e. The second kappa shape index (κ2) is 7.54. The minimum Gasteiger partial charge on any atom is -0.323 e. The van der Waals surface area contributed by atoms with Crippen molar-refractivity contribution in [2.24, 2.45) is 0 Å². The maximum atomic E-state index is 12.5. The van der Waals surface area contributed by atoms with Crippen LogP contribution in [0.4, 0.5) is 5.69 Å². The average molecular weight is 368 g/mol. The number of nitrogens with one attached hydrogen (secondary N) is 1. The molecule has 0 saturated carbocycles. The zero-order chi connectivity index (χ0) is 18.7. The Morgan fingerprint density at radius 1 is 1.08 bits per heavy atom. The number of nitrogens with zero attached hydrogens (tertiary/aromatic N) is 2. The summed E-state index contributed by atoms with van der Waals surface area (Å²) in [6, 6.07) is 17.0. The highest BCUT2D eigenvalue weighted by molar-refractivity contribution is 6.33. The Kier molecular flexibility index (Phi) is 5.19. The summed E-state index contributed by atoms with van der Waals surface area (Å²) in [7, 11) is 0. The summed E-state index contributed by atoms with van der Waals surface area (Å²) in [5.41, 5.74) is 2.79. The van der Waals surface area contributed by atoms with Crippen LogP contribution in [0, 0.1) is 6.92 Å². The zero-order valence-corrected chi connectivity index (χ0v) is 15.2. The highest BCUT2D eigenvalue weighted by atomic mass is 35.5. The van der Waals surface area contributed by atoms with Gasteiger partial charge >= 0.3 is 0 Å². The molecule has 0 unspecified atom stereocenters. The number of benzene rings is 2. The molecule has 0 saturated heterocycles. The Labute approximate surface area is 156 Å². The lowest BCUT2D eigenvalue weighted by Crippen LogP contribution is -2.33. The third kappa shape index (κ3) is 3.83. The summed E-state index contributed by atoms with van der Waals surface area (Å²) >= 11 is 6.07. The molecule has 132 valence electrons. The highest BCUT2D eigenvalue weighted by Gasteiger charge is 2.19. The predicted octanol–water partition coefficient (Wildman–Crippen LogP) is 4.07. The van der Waals surface area contributed by atoms with E-state index >= 15 is 0 Å². The van der Waals surface area contributed by atoms with Gasteiger partial charge in [-0.05, 0) is 32.0 Å². The van der Waals surface area contributed by atoms with Gasteiger partial charge in [-0.25, -0.2) is 4.68 Å². The number of rotatable bonds is 4. The largest absolute Gasteiger partial charge is 0.323 e. The Balaban J connectivity index is 1.89.